The molecule has 1 atom stereocenters. The van der Waals surface area contributed by atoms with Crippen molar-refractivity contribution in [3.8, 4) is 0 Å². The van der Waals surface area contributed by atoms with Crippen LogP contribution in [0.3, 0.4) is 0 Å². The Hall–Kier alpha value is -0.420. The van der Waals surface area contributed by atoms with Gasteiger partial charge in [-0.15, -0.1) is 0 Å². The van der Waals surface area contributed by atoms with Crippen molar-refractivity contribution in [1.82, 2.24) is 4.90 Å². The molecule has 4 heteroatoms. The predicted octanol–water partition coefficient (Wildman–Crippen LogP) is 2.06. The molecule has 1 saturated heterocycles. The molecule has 94 valence electrons. The smallest absolute Gasteiger partial charge is 0.0598 e. The van der Waals surface area contributed by atoms with Gasteiger partial charge in [-0.3, -0.25) is 0 Å². The fourth-order valence-electron chi connectivity index (χ4n) is 2.54. The molecule has 0 bridgehead atoms. The van der Waals surface area contributed by atoms with Crippen molar-refractivity contribution >= 4 is 15.9 Å². The van der Waals surface area contributed by atoms with Crippen LogP contribution < -0.4 is 0 Å². The van der Waals surface area contributed by atoms with Gasteiger partial charge >= 0.3 is 0 Å². The van der Waals surface area contributed by atoms with E-state index in [1.165, 1.54) is 5.56 Å². The number of nitrogens with zero attached hydrogens (tertiary/aromatic N) is 1. The molecule has 1 aliphatic rings. The lowest BCUT2D eigenvalue weighted by Gasteiger charge is -2.48. The molecule has 2 rings (SSSR count). The number of rotatable bonds is 4. The predicted molar refractivity (Wildman–Crippen MR) is 70.9 cm³/mol. The summed E-state index contributed by atoms with van der Waals surface area (Å²) in [6, 6.07) is 8.47. The molecule has 3 nitrogen and oxygen atoms in total. The maximum absolute atomic E-state index is 9.66. The molecule has 0 aromatic heterocycles. The van der Waals surface area contributed by atoms with Crippen molar-refractivity contribution in [2.75, 3.05) is 33.9 Å². The molecule has 1 N–H and O–H groups in total. The van der Waals surface area contributed by atoms with E-state index < -0.39 is 0 Å². The Morgan fingerprint density at radius 1 is 1.35 bits per heavy atom. The third-order valence-corrected chi connectivity index (χ3v) is 3.90. The zero-order chi connectivity index (χ0) is 12.5. The maximum atomic E-state index is 9.66. The van der Waals surface area contributed by atoms with Crippen LogP contribution in [-0.4, -0.2) is 43.9 Å². The molecule has 1 aromatic rings. The molecule has 1 unspecified atom stereocenters. The Balaban J connectivity index is 2.32. The standard InChI is InChI=1S/C13H18BrNO2/c1-15(2)12(13(7-16)8-17-9-13)10-3-5-11(14)6-4-10/h3-6,12,16H,7-9H2,1-2H3. The van der Waals surface area contributed by atoms with E-state index in [-0.39, 0.29) is 18.1 Å². The van der Waals surface area contributed by atoms with E-state index in [1.807, 2.05) is 26.2 Å². The summed E-state index contributed by atoms with van der Waals surface area (Å²) in [4.78, 5) is 2.15. The first-order valence-electron chi connectivity index (χ1n) is 5.69. The van der Waals surface area contributed by atoms with Crippen molar-refractivity contribution in [3.05, 3.63) is 34.3 Å². The molecule has 1 fully saturated rings. The van der Waals surface area contributed by atoms with Crippen LogP contribution in [0.1, 0.15) is 11.6 Å². The number of hydrogen-bond donors (Lipinski definition) is 1. The van der Waals surface area contributed by atoms with Crippen LogP contribution in [0.5, 0.6) is 0 Å². The highest BCUT2D eigenvalue weighted by Crippen LogP contribution is 2.43. The van der Waals surface area contributed by atoms with Crippen molar-refractivity contribution < 1.29 is 9.84 Å². The van der Waals surface area contributed by atoms with Gasteiger partial charge in [-0.25, -0.2) is 0 Å². The summed E-state index contributed by atoms with van der Waals surface area (Å²) in [5.41, 5.74) is 1.06. The first-order chi connectivity index (χ1) is 8.09. The minimum Gasteiger partial charge on any atom is -0.396 e. The molecular weight excluding hydrogens is 282 g/mol. The average molecular weight is 300 g/mol. The van der Waals surface area contributed by atoms with Crippen molar-refractivity contribution in [2.45, 2.75) is 6.04 Å². The summed E-state index contributed by atoms with van der Waals surface area (Å²) in [5, 5.41) is 9.66. The van der Waals surface area contributed by atoms with Crippen LogP contribution in [0.2, 0.25) is 0 Å². The first kappa shape index (κ1) is 13.0. The number of aliphatic hydroxyl groups is 1. The van der Waals surface area contributed by atoms with Crippen molar-refractivity contribution in [2.24, 2.45) is 5.41 Å². The third kappa shape index (κ3) is 2.40. The molecular formula is C13H18BrNO2. The summed E-state index contributed by atoms with van der Waals surface area (Å²) >= 11 is 3.44. The highest BCUT2D eigenvalue weighted by atomic mass is 79.9. The van der Waals surface area contributed by atoms with Gasteiger partial charge in [-0.2, -0.15) is 0 Å². The maximum Gasteiger partial charge on any atom is 0.0598 e. The summed E-state index contributed by atoms with van der Waals surface area (Å²) < 4.78 is 6.38. The van der Waals surface area contributed by atoms with Crippen LogP contribution in [0.4, 0.5) is 0 Å². The van der Waals surface area contributed by atoms with E-state index in [9.17, 15) is 5.11 Å². The van der Waals surface area contributed by atoms with Gasteiger partial charge in [0.2, 0.25) is 0 Å². The molecule has 1 heterocycles. The van der Waals surface area contributed by atoms with Gasteiger partial charge in [0.1, 0.15) is 0 Å². The Labute approximate surface area is 111 Å². The number of ether oxygens (including phenoxy) is 1. The Kier molecular flexibility index (Phi) is 3.88. The van der Waals surface area contributed by atoms with Gasteiger partial charge < -0.3 is 14.7 Å². The Bertz CT molecular complexity index is 368. The fourth-order valence-corrected chi connectivity index (χ4v) is 2.81. The van der Waals surface area contributed by atoms with Crippen molar-refractivity contribution in [3.63, 3.8) is 0 Å². The third-order valence-electron chi connectivity index (χ3n) is 3.38. The van der Waals surface area contributed by atoms with Gasteiger partial charge in [0.15, 0.2) is 0 Å². The molecule has 1 aliphatic heterocycles. The van der Waals surface area contributed by atoms with Crippen LogP contribution >= 0.6 is 15.9 Å². The fraction of sp³-hybridized carbons (Fsp3) is 0.538. The van der Waals surface area contributed by atoms with Gasteiger partial charge in [0.05, 0.1) is 25.2 Å². The first-order valence-corrected chi connectivity index (χ1v) is 6.49. The summed E-state index contributed by atoms with van der Waals surface area (Å²) in [6.07, 6.45) is 0. The van der Waals surface area contributed by atoms with Crippen LogP contribution in [0.15, 0.2) is 28.7 Å². The molecule has 0 spiro atoms. The minimum atomic E-state index is -0.155. The lowest BCUT2D eigenvalue weighted by Crippen LogP contribution is -2.53. The van der Waals surface area contributed by atoms with Gasteiger partial charge in [-0.1, -0.05) is 28.1 Å². The molecule has 0 radical (unpaired) electrons. The highest BCUT2D eigenvalue weighted by Gasteiger charge is 2.47. The van der Waals surface area contributed by atoms with E-state index in [1.54, 1.807) is 0 Å². The van der Waals surface area contributed by atoms with E-state index in [4.69, 9.17) is 4.74 Å². The second kappa shape index (κ2) is 5.06. The zero-order valence-corrected chi connectivity index (χ0v) is 11.8. The Morgan fingerprint density at radius 3 is 2.29 bits per heavy atom. The minimum absolute atomic E-state index is 0.155. The van der Waals surface area contributed by atoms with E-state index >= 15 is 0 Å². The summed E-state index contributed by atoms with van der Waals surface area (Å²) in [5.74, 6) is 0. The normalized spacial score (nSPS) is 20.1. The molecule has 0 amide bonds. The number of benzene rings is 1. The van der Waals surface area contributed by atoms with Gasteiger partial charge in [-0.05, 0) is 31.8 Å². The monoisotopic (exact) mass is 299 g/mol. The summed E-state index contributed by atoms with van der Waals surface area (Å²) in [6.45, 7) is 1.41. The lowest BCUT2D eigenvalue weighted by atomic mass is 9.75. The summed E-state index contributed by atoms with van der Waals surface area (Å²) in [7, 11) is 4.09. The van der Waals surface area contributed by atoms with Gasteiger partial charge in [0.25, 0.3) is 0 Å². The molecule has 17 heavy (non-hydrogen) atoms. The van der Waals surface area contributed by atoms with E-state index in [0.717, 1.165) is 4.47 Å². The topological polar surface area (TPSA) is 32.7 Å². The lowest BCUT2D eigenvalue weighted by molar-refractivity contribution is -0.172. The van der Waals surface area contributed by atoms with Crippen molar-refractivity contribution in [1.29, 1.82) is 0 Å². The van der Waals surface area contributed by atoms with E-state index in [2.05, 4.69) is 33.0 Å². The number of hydrogen-bond acceptors (Lipinski definition) is 3. The quantitative estimate of drug-likeness (QED) is 0.924. The number of aliphatic hydroxyl groups excluding tert-OH is 1. The SMILES string of the molecule is CN(C)C(c1ccc(Br)cc1)C1(CO)COC1. The Morgan fingerprint density at radius 2 is 1.94 bits per heavy atom. The average Bonchev–Trinajstić information content (AvgIpc) is 2.24. The van der Waals surface area contributed by atoms with Gasteiger partial charge in [0, 0.05) is 10.5 Å². The largest absolute Gasteiger partial charge is 0.396 e. The van der Waals surface area contributed by atoms with Crippen LogP contribution in [0.25, 0.3) is 0 Å². The molecule has 1 aromatic carbocycles. The zero-order valence-electron chi connectivity index (χ0n) is 10.2. The van der Waals surface area contributed by atoms with Crippen LogP contribution in [-0.2, 0) is 4.74 Å². The highest BCUT2D eigenvalue weighted by molar-refractivity contribution is 9.10. The number of halogens is 1. The molecule has 0 saturated carbocycles. The molecule has 0 aliphatic carbocycles. The second-order valence-corrected chi connectivity index (χ2v) is 5.85. The van der Waals surface area contributed by atoms with E-state index in [0.29, 0.717) is 13.2 Å². The second-order valence-electron chi connectivity index (χ2n) is 4.93. The van der Waals surface area contributed by atoms with Crippen LogP contribution in [0, 0.1) is 5.41 Å².